The van der Waals surface area contributed by atoms with Crippen LogP contribution in [-0.4, -0.2) is 11.1 Å². The van der Waals surface area contributed by atoms with Crippen LogP contribution in [0.25, 0.3) is 0 Å². The van der Waals surface area contributed by atoms with E-state index >= 15 is 0 Å². The predicted octanol–water partition coefficient (Wildman–Crippen LogP) is 3.66. The Kier molecular flexibility index (Phi) is 3.08. The Labute approximate surface area is 112 Å². The lowest BCUT2D eigenvalue weighted by atomic mass is 9.60. The van der Waals surface area contributed by atoms with Crippen LogP contribution < -0.4 is 0 Å². The van der Waals surface area contributed by atoms with Crippen LogP contribution in [0, 0.1) is 5.92 Å². The molecule has 1 aliphatic rings. The smallest absolute Gasteiger partial charge is 0.307 e. The standard InChI is InChI=1S/C17H16O2/c18-17(19)16-14(12-7-3-1-4-8-12)11-15(16)13-9-5-2-6-10-13/h1-10,14-16H,11H2,(H,18,19)/t14-,15?,16?/m1/s1. The van der Waals surface area contributed by atoms with E-state index in [9.17, 15) is 9.90 Å². The summed E-state index contributed by atoms with van der Waals surface area (Å²) in [6, 6.07) is 20.0. The average Bonchev–Trinajstić information content (AvgIpc) is 2.39. The van der Waals surface area contributed by atoms with Gasteiger partial charge in [0.05, 0.1) is 5.92 Å². The van der Waals surface area contributed by atoms with Gasteiger partial charge in [0.1, 0.15) is 0 Å². The predicted molar refractivity (Wildman–Crippen MR) is 74.1 cm³/mol. The molecule has 1 aliphatic carbocycles. The van der Waals surface area contributed by atoms with Crippen molar-refractivity contribution in [3.05, 3.63) is 71.8 Å². The zero-order valence-electron chi connectivity index (χ0n) is 10.6. The maximum atomic E-state index is 11.5. The molecule has 0 heterocycles. The number of carboxylic acid groups (broad SMARTS) is 1. The van der Waals surface area contributed by atoms with E-state index in [1.807, 2.05) is 60.7 Å². The van der Waals surface area contributed by atoms with Gasteiger partial charge in [-0.05, 0) is 29.4 Å². The Balaban J connectivity index is 1.86. The van der Waals surface area contributed by atoms with E-state index in [1.165, 1.54) is 0 Å². The van der Waals surface area contributed by atoms with Crippen LogP contribution >= 0.6 is 0 Å². The molecule has 0 aliphatic heterocycles. The summed E-state index contributed by atoms with van der Waals surface area (Å²) in [5, 5.41) is 9.50. The zero-order chi connectivity index (χ0) is 13.2. The number of rotatable bonds is 3. The molecule has 2 nitrogen and oxygen atoms in total. The van der Waals surface area contributed by atoms with E-state index in [0.717, 1.165) is 17.5 Å². The lowest BCUT2D eigenvalue weighted by molar-refractivity contribution is -0.146. The third-order valence-corrected chi connectivity index (χ3v) is 4.12. The van der Waals surface area contributed by atoms with Gasteiger partial charge in [0, 0.05) is 0 Å². The van der Waals surface area contributed by atoms with Crippen molar-refractivity contribution in [3.8, 4) is 0 Å². The number of carboxylic acids is 1. The molecule has 2 unspecified atom stereocenters. The monoisotopic (exact) mass is 252 g/mol. The summed E-state index contributed by atoms with van der Waals surface area (Å²) in [6.45, 7) is 0. The van der Waals surface area contributed by atoms with Crippen LogP contribution in [-0.2, 0) is 4.79 Å². The lowest BCUT2D eigenvalue weighted by Gasteiger charge is -2.42. The van der Waals surface area contributed by atoms with Gasteiger partial charge in [-0.1, -0.05) is 60.7 Å². The third kappa shape index (κ3) is 2.14. The average molecular weight is 252 g/mol. The molecule has 0 bridgehead atoms. The molecule has 0 saturated heterocycles. The molecule has 0 spiro atoms. The quantitative estimate of drug-likeness (QED) is 0.905. The minimum Gasteiger partial charge on any atom is -0.481 e. The lowest BCUT2D eigenvalue weighted by Crippen LogP contribution is -2.38. The molecule has 1 fully saturated rings. The highest BCUT2D eigenvalue weighted by Crippen LogP contribution is 2.52. The second kappa shape index (κ2) is 4.88. The van der Waals surface area contributed by atoms with Gasteiger partial charge in [-0.3, -0.25) is 4.79 Å². The van der Waals surface area contributed by atoms with Gasteiger partial charge >= 0.3 is 5.97 Å². The molecular weight excluding hydrogens is 236 g/mol. The van der Waals surface area contributed by atoms with Gasteiger partial charge in [-0.2, -0.15) is 0 Å². The summed E-state index contributed by atoms with van der Waals surface area (Å²) in [7, 11) is 0. The molecule has 96 valence electrons. The Morgan fingerprint density at radius 1 is 0.842 bits per heavy atom. The highest BCUT2D eigenvalue weighted by atomic mass is 16.4. The number of carbonyl (C=O) groups is 1. The first-order chi connectivity index (χ1) is 9.27. The molecule has 2 aromatic rings. The molecule has 0 amide bonds. The van der Waals surface area contributed by atoms with Crippen LogP contribution in [0.4, 0.5) is 0 Å². The van der Waals surface area contributed by atoms with Gasteiger partial charge < -0.3 is 5.11 Å². The zero-order valence-corrected chi connectivity index (χ0v) is 10.6. The summed E-state index contributed by atoms with van der Waals surface area (Å²) in [5.74, 6) is -0.702. The van der Waals surface area contributed by atoms with Gasteiger partial charge in [-0.15, -0.1) is 0 Å². The van der Waals surface area contributed by atoms with Gasteiger partial charge in [0.15, 0.2) is 0 Å². The van der Waals surface area contributed by atoms with Crippen molar-refractivity contribution >= 4 is 5.97 Å². The van der Waals surface area contributed by atoms with Crippen molar-refractivity contribution in [1.82, 2.24) is 0 Å². The van der Waals surface area contributed by atoms with Crippen molar-refractivity contribution in [2.75, 3.05) is 0 Å². The second-order valence-corrected chi connectivity index (χ2v) is 5.13. The first kappa shape index (κ1) is 12.0. The summed E-state index contributed by atoms with van der Waals surface area (Å²) in [4.78, 5) is 11.5. The fourth-order valence-electron chi connectivity index (χ4n) is 3.08. The molecule has 1 N–H and O–H groups in total. The minimum atomic E-state index is -0.686. The van der Waals surface area contributed by atoms with Gasteiger partial charge in [-0.25, -0.2) is 0 Å². The van der Waals surface area contributed by atoms with E-state index in [4.69, 9.17) is 0 Å². The Bertz CT molecular complexity index is 517. The van der Waals surface area contributed by atoms with Crippen LogP contribution in [0.15, 0.2) is 60.7 Å². The maximum Gasteiger partial charge on any atom is 0.307 e. The highest BCUT2D eigenvalue weighted by Gasteiger charge is 2.46. The summed E-state index contributed by atoms with van der Waals surface area (Å²) in [5.41, 5.74) is 2.28. The first-order valence-corrected chi connectivity index (χ1v) is 6.60. The van der Waals surface area contributed by atoms with Crippen molar-refractivity contribution in [2.24, 2.45) is 5.92 Å². The van der Waals surface area contributed by atoms with E-state index in [1.54, 1.807) is 0 Å². The number of hydrogen-bond donors (Lipinski definition) is 1. The Morgan fingerprint density at radius 2 is 1.26 bits per heavy atom. The minimum absolute atomic E-state index is 0.143. The molecule has 1 saturated carbocycles. The SMILES string of the molecule is O=C(O)C1C(c2ccccc2)C[C@@H]1c1ccccc1. The normalized spacial score (nSPS) is 25.6. The molecule has 2 heteroatoms. The van der Waals surface area contributed by atoms with Gasteiger partial charge in [0.2, 0.25) is 0 Å². The second-order valence-electron chi connectivity index (χ2n) is 5.13. The third-order valence-electron chi connectivity index (χ3n) is 4.12. The Morgan fingerprint density at radius 3 is 1.63 bits per heavy atom. The van der Waals surface area contributed by atoms with E-state index in [-0.39, 0.29) is 17.8 Å². The maximum absolute atomic E-state index is 11.5. The topological polar surface area (TPSA) is 37.3 Å². The highest BCUT2D eigenvalue weighted by molar-refractivity contribution is 5.74. The van der Waals surface area contributed by atoms with E-state index in [0.29, 0.717) is 0 Å². The van der Waals surface area contributed by atoms with E-state index in [2.05, 4.69) is 0 Å². The number of hydrogen-bond acceptors (Lipinski definition) is 1. The molecule has 0 radical (unpaired) electrons. The van der Waals surface area contributed by atoms with Crippen molar-refractivity contribution in [2.45, 2.75) is 18.3 Å². The molecule has 3 rings (SSSR count). The molecule has 2 aromatic carbocycles. The first-order valence-electron chi connectivity index (χ1n) is 6.60. The largest absolute Gasteiger partial charge is 0.481 e. The fourth-order valence-corrected chi connectivity index (χ4v) is 3.08. The van der Waals surface area contributed by atoms with Crippen molar-refractivity contribution in [3.63, 3.8) is 0 Å². The van der Waals surface area contributed by atoms with Crippen LogP contribution in [0.5, 0.6) is 0 Å². The van der Waals surface area contributed by atoms with Crippen molar-refractivity contribution in [1.29, 1.82) is 0 Å². The van der Waals surface area contributed by atoms with E-state index < -0.39 is 5.97 Å². The summed E-state index contributed by atoms with van der Waals surface area (Å²) >= 11 is 0. The van der Waals surface area contributed by atoms with Gasteiger partial charge in [0.25, 0.3) is 0 Å². The molecule has 3 atom stereocenters. The van der Waals surface area contributed by atoms with Crippen LogP contribution in [0.1, 0.15) is 29.4 Å². The summed E-state index contributed by atoms with van der Waals surface area (Å²) in [6.07, 6.45) is 0.922. The molecule has 19 heavy (non-hydrogen) atoms. The number of benzene rings is 2. The molecular formula is C17H16O2. The molecule has 0 aromatic heterocycles. The van der Waals surface area contributed by atoms with Crippen LogP contribution in [0.2, 0.25) is 0 Å². The fraction of sp³-hybridized carbons (Fsp3) is 0.235. The van der Waals surface area contributed by atoms with Crippen LogP contribution in [0.3, 0.4) is 0 Å². The Hall–Kier alpha value is -2.09. The summed E-state index contributed by atoms with van der Waals surface area (Å²) < 4.78 is 0. The van der Waals surface area contributed by atoms with Crippen molar-refractivity contribution < 1.29 is 9.90 Å². The number of aliphatic carboxylic acids is 1.